The SMILES string of the molecule is COc1cc(C2(CN)CCCC2)cc(C)c1F. The van der Waals surface area contributed by atoms with Crippen molar-refractivity contribution in [3.05, 3.63) is 29.1 Å². The Hall–Kier alpha value is -1.09. The Bertz CT molecular complexity index is 411. The summed E-state index contributed by atoms with van der Waals surface area (Å²) < 4.78 is 18.8. The Morgan fingerprint density at radius 2 is 2.00 bits per heavy atom. The van der Waals surface area contributed by atoms with Gasteiger partial charge in [0, 0.05) is 12.0 Å². The Balaban J connectivity index is 2.48. The number of ether oxygens (including phenoxy) is 1. The van der Waals surface area contributed by atoms with Gasteiger partial charge in [0.1, 0.15) is 0 Å². The van der Waals surface area contributed by atoms with Gasteiger partial charge in [-0.25, -0.2) is 4.39 Å². The van der Waals surface area contributed by atoms with Crippen LogP contribution >= 0.6 is 0 Å². The molecule has 0 spiro atoms. The van der Waals surface area contributed by atoms with E-state index in [9.17, 15) is 4.39 Å². The van der Waals surface area contributed by atoms with Gasteiger partial charge in [-0.15, -0.1) is 0 Å². The molecule has 1 aromatic carbocycles. The number of rotatable bonds is 3. The van der Waals surface area contributed by atoms with Crippen LogP contribution in [0.1, 0.15) is 36.8 Å². The van der Waals surface area contributed by atoms with Gasteiger partial charge in [0.05, 0.1) is 7.11 Å². The highest BCUT2D eigenvalue weighted by molar-refractivity contribution is 5.40. The number of hydrogen-bond donors (Lipinski definition) is 1. The summed E-state index contributed by atoms with van der Waals surface area (Å²) in [5.41, 5.74) is 7.75. The van der Waals surface area contributed by atoms with Gasteiger partial charge >= 0.3 is 0 Å². The summed E-state index contributed by atoms with van der Waals surface area (Å²) >= 11 is 0. The number of halogens is 1. The van der Waals surface area contributed by atoms with E-state index in [-0.39, 0.29) is 11.2 Å². The Labute approximate surface area is 102 Å². The second-order valence-electron chi connectivity index (χ2n) is 5.00. The summed E-state index contributed by atoms with van der Waals surface area (Å²) in [7, 11) is 1.51. The van der Waals surface area contributed by atoms with E-state index >= 15 is 0 Å². The molecule has 0 radical (unpaired) electrons. The van der Waals surface area contributed by atoms with Crippen molar-refractivity contribution in [3.63, 3.8) is 0 Å². The van der Waals surface area contributed by atoms with Gasteiger partial charge in [0.25, 0.3) is 0 Å². The van der Waals surface area contributed by atoms with Crippen LogP contribution < -0.4 is 10.5 Å². The molecule has 3 heteroatoms. The van der Waals surface area contributed by atoms with Crippen molar-refractivity contribution >= 4 is 0 Å². The number of methoxy groups -OCH3 is 1. The number of benzene rings is 1. The van der Waals surface area contributed by atoms with Gasteiger partial charge in [-0.3, -0.25) is 0 Å². The van der Waals surface area contributed by atoms with E-state index in [2.05, 4.69) is 0 Å². The van der Waals surface area contributed by atoms with Crippen molar-refractivity contribution in [3.8, 4) is 5.75 Å². The summed E-state index contributed by atoms with van der Waals surface area (Å²) in [5.74, 6) is 0.0705. The first kappa shape index (κ1) is 12.4. The third-order valence-electron chi connectivity index (χ3n) is 4.00. The molecule has 1 aliphatic carbocycles. The molecule has 0 aliphatic heterocycles. The molecule has 1 aromatic rings. The fourth-order valence-corrected chi connectivity index (χ4v) is 2.85. The molecule has 1 fully saturated rings. The third kappa shape index (κ3) is 2.04. The average molecular weight is 237 g/mol. The zero-order valence-corrected chi connectivity index (χ0v) is 10.6. The fraction of sp³-hybridized carbons (Fsp3) is 0.571. The lowest BCUT2D eigenvalue weighted by Crippen LogP contribution is -2.32. The van der Waals surface area contributed by atoms with E-state index in [0.29, 0.717) is 17.9 Å². The lowest BCUT2D eigenvalue weighted by atomic mass is 9.78. The maximum Gasteiger partial charge on any atom is 0.167 e. The molecule has 1 saturated carbocycles. The fourth-order valence-electron chi connectivity index (χ4n) is 2.85. The highest BCUT2D eigenvalue weighted by atomic mass is 19.1. The maximum absolute atomic E-state index is 13.7. The molecule has 0 unspecified atom stereocenters. The van der Waals surface area contributed by atoms with Crippen LogP contribution in [-0.4, -0.2) is 13.7 Å². The third-order valence-corrected chi connectivity index (χ3v) is 4.00. The summed E-state index contributed by atoms with van der Waals surface area (Å²) in [5, 5.41) is 0. The normalized spacial score (nSPS) is 18.4. The molecular weight excluding hydrogens is 217 g/mol. The minimum Gasteiger partial charge on any atom is -0.494 e. The first-order valence-electron chi connectivity index (χ1n) is 6.17. The minimum absolute atomic E-state index is 0.0335. The average Bonchev–Trinajstić information content (AvgIpc) is 2.82. The molecule has 94 valence electrons. The van der Waals surface area contributed by atoms with E-state index in [1.54, 1.807) is 6.92 Å². The van der Waals surface area contributed by atoms with Crippen LogP contribution in [0.4, 0.5) is 4.39 Å². The quantitative estimate of drug-likeness (QED) is 0.877. The first-order chi connectivity index (χ1) is 8.13. The van der Waals surface area contributed by atoms with E-state index in [1.165, 1.54) is 20.0 Å². The lowest BCUT2D eigenvalue weighted by Gasteiger charge is -2.28. The summed E-state index contributed by atoms with van der Waals surface area (Å²) in [4.78, 5) is 0. The van der Waals surface area contributed by atoms with Crippen LogP contribution in [-0.2, 0) is 5.41 Å². The van der Waals surface area contributed by atoms with Crippen LogP contribution in [0.2, 0.25) is 0 Å². The molecule has 1 aliphatic rings. The largest absolute Gasteiger partial charge is 0.494 e. The van der Waals surface area contributed by atoms with E-state index in [4.69, 9.17) is 10.5 Å². The molecule has 2 nitrogen and oxygen atoms in total. The molecule has 17 heavy (non-hydrogen) atoms. The van der Waals surface area contributed by atoms with Crippen molar-refractivity contribution in [2.24, 2.45) is 5.73 Å². The van der Waals surface area contributed by atoms with Crippen molar-refractivity contribution in [2.75, 3.05) is 13.7 Å². The second-order valence-corrected chi connectivity index (χ2v) is 5.00. The van der Waals surface area contributed by atoms with E-state index in [0.717, 1.165) is 18.4 Å². The van der Waals surface area contributed by atoms with Crippen molar-refractivity contribution in [1.82, 2.24) is 0 Å². The molecular formula is C14H20FNO. The highest BCUT2D eigenvalue weighted by Crippen LogP contribution is 2.42. The minimum atomic E-state index is -0.263. The Morgan fingerprint density at radius 3 is 2.53 bits per heavy atom. The predicted octanol–water partition coefficient (Wildman–Crippen LogP) is 2.91. The molecule has 0 amide bonds. The van der Waals surface area contributed by atoms with Crippen LogP contribution in [0.3, 0.4) is 0 Å². The van der Waals surface area contributed by atoms with Crippen molar-refractivity contribution < 1.29 is 9.13 Å². The zero-order valence-electron chi connectivity index (χ0n) is 10.6. The topological polar surface area (TPSA) is 35.2 Å². The number of hydrogen-bond acceptors (Lipinski definition) is 2. The smallest absolute Gasteiger partial charge is 0.167 e. The first-order valence-corrected chi connectivity index (χ1v) is 6.17. The number of nitrogens with two attached hydrogens (primary N) is 1. The van der Waals surface area contributed by atoms with Crippen LogP contribution in [0.5, 0.6) is 5.75 Å². The lowest BCUT2D eigenvalue weighted by molar-refractivity contribution is 0.379. The summed E-state index contributed by atoms with van der Waals surface area (Å²) in [6.07, 6.45) is 4.60. The van der Waals surface area contributed by atoms with E-state index < -0.39 is 0 Å². The van der Waals surface area contributed by atoms with Crippen LogP contribution in [0.25, 0.3) is 0 Å². The Kier molecular flexibility index (Phi) is 3.38. The number of aryl methyl sites for hydroxylation is 1. The molecule has 2 N–H and O–H groups in total. The summed E-state index contributed by atoms with van der Waals surface area (Å²) in [6.45, 7) is 2.40. The predicted molar refractivity (Wildman–Crippen MR) is 66.9 cm³/mol. The second kappa shape index (κ2) is 4.65. The Morgan fingerprint density at radius 1 is 1.35 bits per heavy atom. The van der Waals surface area contributed by atoms with Crippen LogP contribution in [0.15, 0.2) is 12.1 Å². The molecule has 0 aromatic heterocycles. The van der Waals surface area contributed by atoms with Gasteiger partial charge in [-0.05, 0) is 37.0 Å². The standard InChI is InChI=1S/C14H20FNO/c1-10-7-11(8-12(17-2)13(10)15)14(9-16)5-3-4-6-14/h7-8H,3-6,9,16H2,1-2H3. The van der Waals surface area contributed by atoms with E-state index in [1.807, 2.05) is 12.1 Å². The molecule has 0 bridgehead atoms. The zero-order chi connectivity index (χ0) is 12.5. The molecule has 0 saturated heterocycles. The maximum atomic E-state index is 13.7. The van der Waals surface area contributed by atoms with Crippen molar-refractivity contribution in [1.29, 1.82) is 0 Å². The van der Waals surface area contributed by atoms with Crippen LogP contribution in [0, 0.1) is 12.7 Å². The molecule has 0 atom stereocenters. The summed E-state index contributed by atoms with van der Waals surface area (Å²) in [6, 6.07) is 3.75. The highest BCUT2D eigenvalue weighted by Gasteiger charge is 2.35. The van der Waals surface area contributed by atoms with Gasteiger partial charge < -0.3 is 10.5 Å². The van der Waals surface area contributed by atoms with Gasteiger partial charge in [0.15, 0.2) is 11.6 Å². The van der Waals surface area contributed by atoms with Crippen molar-refractivity contribution in [2.45, 2.75) is 38.0 Å². The molecule has 0 heterocycles. The van der Waals surface area contributed by atoms with Gasteiger partial charge in [0.2, 0.25) is 0 Å². The monoisotopic (exact) mass is 237 g/mol. The molecule has 2 rings (SSSR count). The van der Waals surface area contributed by atoms with Gasteiger partial charge in [-0.2, -0.15) is 0 Å². The van der Waals surface area contributed by atoms with Gasteiger partial charge in [-0.1, -0.05) is 18.9 Å².